The lowest BCUT2D eigenvalue weighted by molar-refractivity contribution is 0.267. The minimum Gasteiger partial charge on any atom is -0.489 e. The van der Waals surface area contributed by atoms with E-state index in [0.717, 1.165) is 25.8 Å². The summed E-state index contributed by atoms with van der Waals surface area (Å²) in [6.45, 7) is 6.94. The molecule has 0 saturated carbocycles. The smallest absolute Gasteiger partial charge is 0.355 e. The Hall–Kier alpha value is -3.59. The standard InChI is InChI=1S/C27H26ClFN6O2/c1-14(2)21-23(15(3)30-13-31-21)35-26-19-24(20(28)22(32-26)17-9-4-5-10-18(17)29)37-12-16-8-6-7-11-34(16)25(19)33-27(35)36/h4-5,9-10,13-14,16H,6-8,11-12H2,1-3H3/t16-/m1/s1. The number of halogens is 2. The van der Waals surface area contributed by atoms with Gasteiger partial charge < -0.3 is 9.64 Å². The normalized spacial score (nSPS) is 17.0. The quantitative estimate of drug-likeness (QED) is 0.366. The third-order valence-electron chi connectivity index (χ3n) is 7.16. The number of aromatic nitrogens is 5. The van der Waals surface area contributed by atoms with Gasteiger partial charge >= 0.3 is 5.69 Å². The van der Waals surface area contributed by atoms with Crippen molar-refractivity contribution in [1.82, 2.24) is 24.5 Å². The van der Waals surface area contributed by atoms with Crippen molar-refractivity contribution in [3.05, 3.63) is 63.3 Å². The summed E-state index contributed by atoms with van der Waals surface area (Å²) in [5.74, 6) is 0.383. The first-order valence-corrected chi connectivity index (χ1v) is 12.9. The maximum atomic E-state index is 15.0. The highest BCUT2D eigenvalue weighted by molar-refractivity contribution is 6.36. The monoisotopic (exact) mass is 520 g/mol. The molecule has 0 unspecified atom stereocenters. The van der Waals surface area contributed by atoms with Crippen molar-refractivity contribution in [3.8, 4) is 22.7 Å². The summed E-state index contributed by atoms with van der Waals surface area (Å²) in [7, 11) is 0. The van der Waals surface area contributed by atoms with Crippen LogP contribution < -0.4 is 15.3 Å². The van der Waals surface area contributed by atoms with E-state index in [-0.39, 0.29) is 28.2 Å². The number of hydrogen-bond acceptors (Lipinski definition) is 7. The highest BCUT2D eigenvalue weighted by Gasteiger charge is 2.35. The maximum Gasteiger partial charge on any atom is 0.355 e. The predicted molar refractivity (Wildman–Crippen MR) is 140 cm³/mol. The van der Waals surface area contributed by atoms with E-state index in [1.54, 1.807) is 18.2 Å². The molecule has 10 heteroatoms. The third kappa shape index (κ3) is 3.75. The molecule has 1 aromatic carbocycles. The number of rotatable bonds is 3. The van der Waals surface area contributed by atoms with Crippen molar-refractivity contribution in [2.24, 2.45) is 0 Å². The molecule has 2 aliphatic heterocycles. The molecule has 1 saturated heterocycles. The van der Waals surface area contributed by atoms with E-state index in [9.17, 15) is 9.18 Å². The summed E-state index contributed by atoms with van der Waals surface area (Å²) in [4.78, 5) is 34.3. The fraction of sp³-hybridized carbons (Fsp3) is 0.370. The van der Waals surface area contributed by atoms with Crippen molar-refractivity contribution in [2.75, 3.05) is 18.1 Å². The highest BCUT2D eigenvalue weighted by Crippen LogP contribution is 2.46. The number of ether oxygens (including phenoxy) is 1. The Kier molecular flexibility index (Phi) is 5.82. The van der Waals surface area contributed by atoms with Gasteiger partial charge in [-0.25, -0.2) is 28.7 Å². The van der Waals surface area contributed by atoms with Crippen LogP contribution in [-0.2, 0) is 0 Å². The van der Waals surface area contributed by atoms with Crippen LogP contribution in [0.4, 0.5) is 10.2 Å². The van der Waals surface area contributed by atoms with Crippen molar-refractivity contribution >= 4 is 28.5 Å². The van der Waals surface area contributed by atoms with Gasteiger partial charge in [-0.2, -0.15) is 4.98 Å². The summed E-state index contributed by atoms with van der Waals surface area (Å²) < 4.78 is 22.8. The SMILES string of the molecule is Cc1ncnc(C(C)C)c1-n1c(=O)nc2c3c(c(Cl)c(-c4ccccc4F)nc31)OC[C@H]1CCCCN21. The summed E-state index contributed by atoms with van der Waals surface area (Å²) >= 11 is 6.91. The average Bonchev–Trinajstić information content (AvgIpc) is 3.05. The molecule has 190 valence electrons. The van der Waals surface area contributed by atoms with Gasteiger partial charge in [-0.3, -0.25) is 0 Å². The zero-order chi connectivity index (χ0) is 25.8. The number of aryl methyl sites for hydroxylation is 1. The Morgan fingerprint density at radius 1 is 1.16 bits per heavy atom. The van der Waals surface area contributed by atoms with Gasteiger partial charge in [-0.15, -0.1) is 0 Å². The van der Waals surface area contributed by atoms with Gasteiger partial charge in [0.15, 0.2) is 11.4 Å². The second-order valence-electron chi connectivity index (χ2n) is 9.84. The topological polar surface area (TPSA) is 86.0 Å². The summed E-state index contributed by atoms with van der Waals surface area (Å²) in [6, 6.07) is 6.34. The van der Waals surface area contributed by atoms with Gasteiger partial charge in [0, 0.05) is 12.1 Å². The number of nitrogens with zero attached hydrogens (tertiary/aromatic N) is 6. The van der Waals surface area contributed by atoms with Gasteiger partial charge in [0.1, 0.15) is 35.0 Å². The molecule has 1 atom stereocenters. The lowest BCUT2D eigenvalue weighted by atomic mass is 10.0. The van der Waals surface area contributed by atoms with Crippen LogP contribution in [0.1, 0.15) is 50.4 Å². The van der Waals surface area contributed by atoms with Gasteiger partial charge in [0.05, 0.1) is 28.8 Å². The first-order chi connectivity index (χ1) is 17.9. The molecule has 6 rings (SSSR count). The van der Waals surface area contributed by atoms with E-state index in [1.165, 1.54) is 17.0 Å². The molecule has 2 aliphatic rings. The van der Waals surface area contributed by atoms with E-state index < -0.39 is 11.5 Å². The second-order valence-corrected chi connectivity index (χ2v) is 10.2. The number of fused-ring (bicyclic) bond motifs is 2. The number of piperidine rings is 1. The molecule has 8 nitrogen and oxygen atoms in total. The van der Waals surface area contributed by atoms with E-state index in [0.29, 0.717) is 46.3 Å². The summed E-state index contributed by atoms with van der Waals surface area (Å²) in [5, 5.41) is 0.725. The zero-order valence-corrected chi connectivity index (χ0v) is 21.6. The number of hydrogen-bond donors (Lipinski definition) is 0. The second kappa shape index (κ2) is 9.06. The number of pyridine rings is 1. The highest BCUT2D eigenvalue weighted by atomic mass is 35.5. The van der Waals surface area contributed by atoms with Crippen LogP contribution in [0.3, 0.4) is 0 Å². The molecule has 1 fully saturated rings. The van der Waals surface area contributed by atoms with Crippen molar-refractivity contribution < 1.29 is 9.13 Å². The summed E-state index contributed by atoms with van der Waals surface area (Å²) in [5.41, 5.74) is 2.01. The first-order valence-electron chi connectivity index (χ1n) is 12.5. The Morgan fingerprint density at radius 3 is 2.76 bits per heavy atom. The third-order valence-corrected chi connectivity index (χ3v) is 7.51. The van der Waals surface area contributed by atoms with Crippen LogP contribution in [0.25, 0.3) is 28.0 Å². The van der Waals surface area contributed by atoms with E-state index >= 15 is 0 Å². The molecule has 0 N–H and O–H groups in total. The van der Waals surface area contributed by atoms with Crippen molar-refractivity contribution in [1.29, 1.82) is 0 Å². The van der Waals surface area contributed by atoms with Crippen LogP contribution in [-0.4, -0.2) is 43.7 Å². The minimum atomic E-state index is -0.506. The van der Waals surface area contributed by atoms with Gasteiger partial charge in [0.25, 0.3) is 0 Å². The zero-order valence-electron chi connectivity index (χ0n) is 20.8. The number of anilines is 1. The molecule has 0 bridgehead atoms. The fourth-order valence-electron chi connectivity index (χ4n) is 5.37. The largest absolute Gasteiger partial charge is 0.489 e. The minimum absolute atomic E-state index is 0.00505. The predicted octanol–water partition coefficient (Wildman–Crippen LogP) is 5.21. The molecule has 5 heterocycles. The molecular formula is C27H26ClFN6O2. The fourth-order valence-corrected chi connectivity index (χ4v) is 5.67. The lowest BCUT2D eigenvalue weighted by Gasteiger charge is -2.34. The van der Waals surface area contributed by atoms with E-state index in [4.69, 9.17) is 21.3 Å². The molecule has 0 spiro atoms. The van der Waals surface area contributed by atoms with Gasteiger partial charge in [-0.1, -0.05) is 37.6 Å². The molecular weight excluding hydrogens is 495 g/mol. The van der Waals surface area contributed by atoms with E-state index in [2.05, 4.69) is 19.9 Å². The van der Waals surface area contributed by atoms with Crippen LogP contribution in [0.2, 0.25) is 5.02 Å². The van der Waals surface area contributed by atoms with E-state index in [1.807, 2.05) is 20.8 Å². The molecule has 4 aromatic rings. The molecule has 3 aromatic heterocycles. The van der Waals surface area contributed by atoms with Crippen molar-refractivity contribution in [3.63, 3.8) is 0 Å². The molecule has 0 amide bonds. The Morgan fingerprint density at radius 2 is 1.97 bits per heavy atom. The number of benzene rings is 1. The molecule has 0 aliphatic carbocycles. The lowest BCUT2D eigenvalue weighted by Crippen LogP contribution is -2.43. The van der Waals surface area contributed by atoms with Crippen LogP contribution in [0.5, 0.6) is 5.75 Å². The molecule has 0 radical (unpaired) electrons. The molecule has 37 heavy (non-hydrogen) atoms. The summed E-state index contributed by atoms with van der Waals surface area (Å²) in [6.07, 6.45) is 4.44. The van der Waals surface area contributed by atoms with Crippen LogP contribution in [0.15, 0.2) is 35.4 Å². The van der Waals surface area contributed by atoms with Crippen molar-refractivity contribution in [2.45, 2.75) is 52.0 Å². The average molecular weight is 521 g/mol. The van der Waals surface area contributed by atoms with Crippen LogP contribution >= 0.6 is 11.6 Å². The Balaban J connectivity index is 1.78. The van der Waals surface area contributed by atoms with Gasteiger partial charge in [-0.05, 0) is 44.2 Å². The first kappa shape index (κ1) is 23.8. The Bertz CT molecular complexity index is 1600. The maximum absolute atomic E-state index is 15.0. The van der Waals surface area contributed by atoms with Gasteiger partial charge in [0.2, 0.25) is 0 Å². The Labute approximate surface area is 218 Å². The van der Waals surface area contributed by atoms with Crippen LogP contribution in [0, 0.1) is 12.7 Å².